The lowest BCUT2D eigenvalue weighted by Gasteiger charge is -2.11. The van der Waals surface area contributed by atoms with Crippen LogP contribution in [-0.4, -0.2) is 46.0 Å². The maximum atomic E-state index is 12.4. The number of ether oxygens (including phenoxy) is 2. The van der Waals surface area contributed by atoms with E-state index >= 15 is 0 Å². The number of benzene rings is 2. The minimum absolute atomic E-state index is 0.143. The molecule has 0 saturated heterocycles. The highest BCUT2D eigenvalue weighted by Crippen LogP contribution is 2.22. The highest BCUT2D eigenvalue weighted by molar-refractivity contribution is 7.99. The van der Waals surface area contributed by atoms with Crippen molar-refractivity contribution in [3.63, 3.8) is 0 Å². The first kappa shape index (κ1) is 23.4. The number of nitrogens with one attached hydrogen (secondary N) is 1. The molecule has 0 spiro atoms. The maximum Gasteiger partial charge on any atom is 0.338 e. The Morgan fingerprint density at radius 3 is 2.47 bits per heavy atom. The minimum atomic E-state index is -0.399. The average Bonchev–Trinajstić information content (AvgIpc) is 3.20. The van der Waals surface area contributed by atoms with Gasteiger partial charge in [0.2, 0.25) is 5.91 Å². The fourth-order valence-corrected chi connectivity index (χ4v) is 3.74. The van der Waals surface area contributed by atoms with Crippen LogP contribution in [0.1, 0.15) is 28.5 Å². The van der Waals surface area contributed by atoms with Crippen molar-refractivity contribution in [2.45, 2.75) is 25.2 Å². The highest BCUT2D eigenvalue weighted by atomic mass is 32.2. The van der Waals surface area contributed by atoms with Gasteiger partial charge in [0.1, 0.15) is 5.75 Å². The van der Waals surface area contributed by atoms with Crippen LogP contribution in [0, 0.1) is 0 Å². The fourth-order valence-electron chi connectivity index (χ4n) is 2.95. The number of rotatable bonds is 10. The number of carbonyl (C=O) groups is 2. The molecule has 0 unspecified atom stereocenters. The second kappa shape index (κ2) is 11.4. The fraction of sp³-hybridized carbons (Fsp3) is 0.261. The van der Waals surface area contributed by atoms with Gasteiger partial charge < -0.3 is 24.5 Å². The summed E-state index contributed by atoms with van der Waals surface area (Å²) in [5.74, 6) is 0.306. The van der Waals surface area contributed by atoms with E-state index in [0.717, 1.165) is 11.3 Å². The van der Waals surface area contributed by atoms with Crippen LogP contribution in [0.3, 0.4) is 0 Å². The Balaban J connectivity index is 1.60. The number of aliphatic hydroxyl groups excluding tert-OH is 1. The molecule has 0 radical (unpaired) electrons. The van der Waals surface area contributed by atoms with E-state index in [0.29, 0.717) is 35.3 Å². The number of thioether (sulfide) groups is 1. The first-order valence-electron chi connectivity index (χ1n) is 10.0. The second-order valence-corrected chi connectivity index (χ2v) is 7.70. The predicted molar refractivity (Wildman–Crippen MR) is 122 cm³/mol. The zero-order chi connectivity index (χ0) is 22.9. The van der Waals surface area contributed by atoms with Crippen LogP contribution in [0.5, 0.6) is 5.75 Å². The quantitative estimate of drug-likeness (QED) is 0.357. The van der Waals surface area contributed by atoms with Gasteiger partial charge in [0.15, 0.2) is 5.16 Å². The van der Waals surface area contributed by atoms with Crippen LogP contribution in [0.4, 0.5) is 5.69 Å². The number of esters is 1. The number of hydrogen-bond acceptors (Lipinski definition) is 7. The van der Waals surface area contributed by atoms with Crippen LogP contribution in [0.2, 0.25) is 0 Å². The van der Waals surface area contributed by atoms with E-state index in [1.807, 2.05) is 28.8 Å². The molecular formula is C23H25N3O5S. The third-order valence-corrected chi connectivity index (χ3v) is 5.57. The monoisotopic (exact) mass is 455 g/mol. The van der Waals surface area contributed by atoms with Crippen molar-refractivity contribution < 1.29 is 24.2 Å². The number of aliphatic hydroxyl groups is 1. The largest absolute Gasteiger partial charge is 0.497 e. The van der Waals surface area contributed by atoms with Crippen molar-refractivity contribution in [2.75, 3.05) is 24.8 Å². The SMILES string of the molecule is CCOC(=O)c1ccc(NC(=O)CSc2ncc(CO)n2Cc2ccc(OC)cc2)cc1. The number of hydrogen-bond donors (Lipinski definition) is 2. The Bertz CT molecular complexity index is 1050. The van der Waals surface area contributed by atoms with Gasteiger partial charge in [-0.1, -0.05) is 23.9 Å². The summed E-state index contributed by atoms with van der Waals surface area (Å²) in [7, 11) is 1.61. The molecule has 9 heteroatoms. The molecule has 1 amide bonds. The third-order valence-electron chi connectivity index (χ3n) is 4.58. The van der Waals surface area contributed by atoms with Gasteiger partial charge in [0.05, 0.1) is 43.5 Å². The van der Waals surface area contributed by atoms with E-state index < -0.39 is 5.97 Å². The molecule has 0 aliphatic rings. The lowest BCUT2D eigenvalue weighted by atomic mass is 10.2. The van der Waals surface area contributed by atoms with Crippen molar-refractivity contribution in [3.8, 4) is 5.75 Å². The topological polar surface area (TPSA) is 103 Å². The lowest BCUT2D eigenvalue weighted by Crippen LogP contribution is -2.15. The van der Waals surface area contributed by atoms with Gasteiger partial charge >= 0.3 is 5.97 Å². The van der Waals surface area contributed by atoms with Crippen molar-refractivity contribution in [1.82, 2.24) is 9.55 Å². The molecule has 1 aromatic heterocycles. The smallest absolute Gasteiger partial charge is 0.338 e. The molecular weight excluding hydrogens is 430 g/mol. The Labute approximate surface area is 190 Å². The zero-order valence-electron chi connectivity index (χ0n) is 17.9. The number of carbonyl (C=O) groups excluding carboxylic acids is 2. The van der Waals surface area contributed by atoms with Gasteiger partial charge in [-0.15, -0.1) is 0 Å². The first-order valence-corrected chi connectivity index (χ1v) is 11.0. The molecule has 0 saturated carbocycles. The number of imidazole rings is 1. The molecule has 1 heterocycles. The van der Waals surface area contributed by atoms with Crippen molar-refractivity contribution in [3.05, 3.63) is 71.5 Å². The summed E-state index contributed by atoms with van der Waals surface area (Å²) in [6.45, 7) is 2.42. The molecule has 32 heavy (non-hydrogen) atoms. The van der Waals surface area contributed by atoms with Crippen LogP contribution >= 0.6 is 11.8 Å². The predicted octanol–water partition coefficient (Wildman–Crippen LogP) is 3.34. The summed E-state index contributed by atoms with van der Waals surface area (Å²) in [6, 6.07) is 14.2. The number of methoxy groups -OCH3 is 1. The number of nitrogens with zero attached hydrogens (tertiary/aromatic N) is 2. The first-order chi connectivity index (χ1) is 15.5. The molecule has 0 aliphatic carbocycles. The minimum Gasteiger partial charge on any atom is -0.497 e. The van der Waals surface area contributed by atoms with Crippen molar-refractivity contribution >= 4 is 29.3 Å². The summed E-state index contributed by atoms with van der Waals surface area (Å²) in [5, 5.41) is 13.1. The Morgan fingerprint density at radius 2 is 1.84 bits per heavy atom. The van der Waals surface area contributed by atoms with Gasteiger partial charge in [0, 0.05) is 12.2 Å². The summed E-state index contributed by atoms with van der Waals surface area (Å²) >= 11 is 1.28. The maximum absolute atomic E-state index is 12.4. The van der Waals surface area contributed by atoms with Crippen LogP contribution in [0.15, 0.2) is 59.9 Å². The summed E-state index contributed by atoms with van der Waals surface area (Å²) < 4.78 is 12.0. The van der Waals surface area contributed by atoms with E-state index in [1.54, 1.807) is 44.5 Å². The molecule has 2 aromatic carbocycles. The van der Waals surface area contributed by atoms with Crippen molar-refractivity contribution in [2.24, 2.45) is 0 Å². The summed E-state index contributed by atoms with van der Waals surface area (Å²) in [5.41, 5.74) is 2.70. The second-order valence-electron chi connectivity index (χ2n) is 6.76. The molecule has 0 aliphatic heterocycles. The average molecular weight is 456 g/mol. The van der Waals surface area contributed by atoms with Crippen LogP contribution < -0.4 is 10.1 Å². The van der Waals surface area contributed by atoms with Gasteiger partial charge in [-0.25, -0.2) is 9.78 Å². The zero-order valence-corrected chi connectivity index (χ0v) is 18.7. The van der Waals surface area contributed by atoms with Gasteiger partial charge in [-0.3, -0.25) is 4.79 Å². The Kier molecular flexibility index (Phi) is 8.29. The van der Waals surface area contributed by atoms with Gasteiger partial charge in [-0.2, -0.15) is 0 Å². The highest BCUT2D eigenvalue weighted by Gasteiger charge is 2.13. The van der Waals surface area contributed by atoms with E-state index in [4.69, 9.17) is 9.47 Å². The number of amides is 1. The van der Waals surface area contributed by atoms with E-state index in [-0.39, 0.29) is 18.3 Å². The normalized spacial score (nSPS) is 10.6. The molecule has 2 N–H and O–H groups in total. The van der Waals surface area contributed by atoms with E-state index in [1.165, 1.54) is 11.8 Å². The van der Waals surface area contributed by atoms with Crippen LogP contribution in [0.25, 0.3) is 0 Å². The van der Waals surface area contributed by atoms with Crippen molar-refractivity contribution in [1.29, 1.82) is 0 Å². The molecule has 0 atom stereocenters. The van der Waals surface area contributed by atoms with Gasteiger partial charge in [0.25, 0.3) is 0 Å². The molecule has 0 bridgehead atoms. The molecule has 0 fully saturated rings. The Morgan fingerprint density at radius 1 is 1.12 bits per heavy atom. The number of anilines is 1. The molecule has 168 valence electrons. The summed E-state index contributed by atoms with van der Waals surface area (Å²) in [4.78, 5) is 28.5. The molecule has 3 rings (SSSR count). The number of aromatic nitrogens is 2. The molecule has 8 nitrogen and oxygen atoms in total. The van der Waals surface area contributed by atoms with Crippen LogP contribution in [-0.2, 0) is 22.7 Å². The van der Waals surface area contributed by atoms with E-state index in [2.05, 4.69) is 10.3 Å². The van der Waals surface area contributed by atoms with E-state index in [9.17, 15) is 14.7 Å². The summed E-state index contributed by atoms with van der Waals surface area (Å²) in [6.07, 6.45) is 1.61. The Hall–Kier alpha value is -3.30. The third kappa shape index (κ3) is 6.12. The molecule has 3 aromatic rings. The van der Waals surface area contributed by atoms with Gasteiger partial charge in [-0.05, 0) is 48.9 Å². The lowest BCUT2D eigenvalue weighted by molar-refractivity contribution is -0.113. The standard InChI is InChI=1S/C23H25N3O5S/c1-3-31-22(29)17-6-8-18(9-7-17)25-21(28)15-32-23-24-12-19(14-27)26(23)13-16-4-10-20(30-2)11-5-16/h4-12,27H,3,13-15H2,1-2H3,(H,25,28).